The number of thiazole rings is 1. The van der Waals surface area contributed by atoms with E-state index in [9.17, 15) is 4.79 Å². The van der Waals surface area contributed by atoms with Crippen molar-refractivity contribution in [2.24, 2.45) is 5.73 Å². The summed E-state index contributed by atoms with van der Waals surface area (Å²) >= 11 is 1.63. The van der Waals surface area contributed by atoms with E-state index < -0.39 is 0 Å². The van der Waals surface area contributed by atoms with Crippen LogP contribution in [0.4, 0.5) is 0 Å². The zero-order valence-corrected chi connectivity index (χ0v) is 19.1. The zero-order chi connectivity index (χ0) is 21.8. The van der Waals surface area contributed by atoms with E-state index in [2.05, 4.69) is 41.5 Å². The number of imidazole rings is 1. The van der Waals surface area contributed by atoms with E-state index in [1.807, 2.05) is 30.3 Å². The second-order valence-electron chi connectivity index (χ2n) is 7.87. The number of aromatic nitrogens is 2. The minimum Gasteiger partial charge on any atom is -0.326 e. The number of rotatable bonds is 10. The molecular weight excluding hydrogens is 404 g/mol. The molecule has 4 aromatic rings. The van der Waals surface area contributed by atoms with Crippen molar-refractivity contribution in [2.75, 3.05) is 19.6 Å². The molecule has 0 radical (unpaired) electrons. The Morgan fingerprint density at radius 3 is 2.74 bits per heavy atom. The smallest absolute Gasteiger partial charge is 0.195 e. The molecule has 4 rings (SSSR count). The normalized spacial score (nSPS) is 11.7. The van der Waals surface area contributed by atoms with E-state index in [0.29, 0.717) is 13.0 Å². The lowest BCUT2D eigenvalue weighted by Crippen LogP contribution is -2.24. The van der Waals surface area contributed by atoms with Crippen LogP contribution in [0.2, 0.25) is 0 Å². The van der Waals surface area contributed by atoms with Crippen LogP contribution >= 0.6 is 11.3 Å². The summed E-state index contributed by atoms with van der Waals surface area (Å²) in [5.74, 6) is 0.228. The Balaban J connectivity index is 1.49. The second kappa shape index (κ2) is 9.73. The highest BCUT2D eigenvalue weighted by Crippen LogP contribution is 2.30. The SMILES string of the molecule is CCN(CC)CCCCC(=O)c1ccc2c(c1)sc1nc(-c3cccc(CN)c3)cn12. The van der Waals surface area contributed by atoms with Crippen molar-refractivity contribution in [1.82, 2.24) is 14.3 Å². The van der Waals surface area contributed by atoms with Gasteiger partial charge in [-0.3, -0.25) is 9.20 Å². The average Bonchev–Trinajstić information content (AvgIpc) is 3.36. The number of ketones is 1. The fourth-order valence-corrected chi connectivity index (χ4v) is 5.02. The van der Waals surface area contributed by atoms with Crippen molar-refractivity contribution < 1.29 is 4.79 Å². The Kier molecular flexibility index (Phi) is 6.80. The lowest BCUT2D eigenvalue weighted by atomic mass is 10.1. The molecule has 0 unspecified atom stereocenters. The number of fused-ring (bicyclic) bond motifs is 3. The number of benzene rings is 2. The van der Waals surface area contributed by atoms with E-state index in [1.165, 1.54) is 0 Å². The van der Waals surface area contributed by atoms with Crippen LogP contribution in [-0.2, 0) is 6.54 Å². The maximum atomic E-state index is 12.7. The molecule has 6 heteroatoms. The van der Waals surface area contributed by atoms with Gasteiger partial charge in [0.15, 0.2) is 10.7 Å². The second-order valence-corrected chi connectivity index (χ2v) is 8.88. The summed E-state index contributed by atoms with van der Waals surface area (Å²) in [5, 5.41) is 0. The number of nitrogens with two attached hydrogens (primary N) is 1. The van der Waals surface area contributed by atoms with Gasteiger partial charge in [0.05, 0.1) is 15.9 Å². The van der Waals surface area contributed by atoms with Crippen molar-refractivity contribution in [2.45, 2.75) is 39.7 Å². The minimum absolute atomic E-state index is 0.228. The van der Waals surface area contributed by atoms with Crippen LogP contribution in [0.25, 0.3) is 26.4 Å². The molecule has 2 heterocycles. The van der Waals surface area contributed by atoms with Gasteiger partial charge < -0.3 is 10.6 Å². The maximum Gasteiger partial charge on any atom is 0.195 e. The molecule has 0 atom stereocenters. The van der Waals surface area contributed by atoms with Crippen LogP contribution in [0, 0.1) is 0 Å². The standard InChI is InChI=1S/C25H30N4OS/c1-3-28(4-2)13-6-5-10-23(30)20-11-12-22-24(15-20)31-25-27-21(17-29(22)25)19-9-7-8-18(14-19)16-26/h7-9,11-12,14-15,17H,3-6,10,13,16,26H2,1-2H3. The third-order valence-electron chi connectivity index (χ3n) is 5.90. The van der Waals surface area contributed by atoms with Gasteiger partial charge in [0, 0.05) is 30.3 Å². The molecule has 0 spiro atoms. The molecule has 2 N–H and O–H groups in total. The Labute approximate surface area is 187 Å². The Morgan fingerprint density at radius 2 is 1.97 bits per heavy atom. The highest BCUT2D eigenvalue weighted by Gasteiger charge is 2.13. The predicted molar refractivity (Wildman–Crippen MR) is 130 cm³/mol. The number of unbranched alkanes of at least 4 members (excludes halogenated alkanes) is 1. The summed E-state index contributed by atoms with van der Waals surface area (Å²) in [6.45, 7) is 8.09. The summed E-state index contributed by atoms with van der Waals surface area (Å²) in [4.78, 5) is 20.8. The van der Waals surface area contributed by atoms with Gasteiger partial charge >= 0.3 is 0 Å². The van der Waals surface area contributed by atoms with Crippen LogP contribution in [-0.4, -0.2) is 39.7 Å². The molecule has 31 heavy (non-hydrogen) atoms. The molecular formula is C25H30N4OS. The number of hydrogen-bond donors (Lipinski definition) is 1. The molecule has 0 saturated heterocycles. The Hall–Kier alpha value is -2.54. The largest absolute Gasteiger partial charge is 0.326 e. The van der Waals surface area contributed by atoms with Gasteiger partial charge in [-0.2, -0.15) is 0 Å². The predicted octanol–water partition coefficient (Wildman–Crippen LogP) is 5.37. The molecule has 5 nitrogen and oxygen atoms in total. The van der Waals surface area contributed by atoms with Gasteiger partial charge in [-0.1, -0.05) is 43.4 Å². The fraction of sp³-hybridized carbons (Fsp3) is 0.360. The quantitative estimate of drug-likeness (QED) is 0.269. The molecule has 162 valence electrons. The van der Waals surface area contributed by atoms with E-state index in [0.717, 1.165) is 70.0 Å². The van der Waals surface area contributed by atoms with Gasteiger partial charge in [-0.15, -0.1) is 0 Å². The van der Waals surface area contributed by atoms with Gasteiger partial charge in [-0.05, 0) is 62.3 Å². The van der Waals surface area contributed by atoms with Gasteiger partial charge in [0.2, 0.25) is 0 Å². The van der Waals surface area contributed by atoms with E-state index in [4.69, 9.17) is 10.7 Å². The first-order chi connectivity index (χ1) is 15.1. The van der Waals surface area contributed by atoms with Crippen LogP contribution in [0.15, 0.2) is 48.7 Å². The average molecular weight is 435 g/mol. The lowest BCUT2D eigenvalue weighted by molar-refractivity contribution is 0.0978. The lowest BCUT2D eigenvalue weighted by Gasteiger charge is -2.17. The van der Waals surface area contributed by atoms with Crippen molar-refractivity contribution >= 4 is 32.3 Å². The molecule has 2 aromatic heterocycles. The fourth-order valence-electron chi connectivity index (χ4n) is 3.98. The van der Waals surface area contributed by atoms with Crippen LogP contribution < -0.4 is 5.73 Å². The van der Waals surface area contributed by atoms with E-state index in [1.54, 1.807) is 11.3 Å². The summed E-state index contributed by atoms with van der Waals surface area (Å²) < 4.78 is 3.21. The van der Waals surface area contributed by atoms with Crippen LogP contribution in [0.5, 0.6) is 0 Å². The monoisotopic (exact) mass is 434 g/mol. The van der Waals surface area contributed by atoms with Crippen LogP contribution in [0.3, 0.4) is 0 Å². The summed E-state index contributed by atoms with van der Waals surface area (Å²) in [6.07, 6.45) is 4.68. The molecule has 0 aliphatic carbocycles. The maximum absolute atomic E-state index is 12.7. The first kappa shape index (κ1) is 21.7. The Bertz CT molecular complexity index is 1190. The highest BCUT2D eigenvalue weighted by atomic mass is 32.1. The first-order valence-electron chi connectivity index (χ1n) is 11.1. The number of carbonyl (C=O) groups is 1. The van der Waals surface area contributed by atoms with Crippen molar-refractivity contribution in [3.63, 3.8) is 0 Å². The third kappa shape index (κ3) is 4.71. The highest BCUT2D eigenvalue weighted by molar-refractivity contribution is 7.23. The molecule has 0 amide bonds. The molecule has 0 bridgehead atoms. The molecule has 0 aliphatic rings. The Morgan fingerprint density at radius 1 is 1.13 bits per heavy atom. The molecule has 0 saturated carbocycles. The van der Waals surface area contributed by atoms with Gasteiger partial charge in [0.1, 0.15) is 0 Å². The zero-order valence-electron chi connectivity index (χ0n) is 18.3. The number of Topliss-reactive ketones (excluding diaryl/α,β-unsaturated/α-hetero) is 1. The number of hydrogen-bond acceptors (Lipinski definition) is 5. The number of nitrogens with zero attached hydrogens (tertiary/aromatic N) is 3. The topological polar surface area (TPSA) is 63.6 Å². The summed E-state index contributed by atoms with van der Waals surface area (Å²) in [5.41, 5.74) is 10.8. The van der Waals surface area contributed by atoms with Gasteiger partial charge in [0.25, 0.3) is 0 Å². The summed E-state index contributed by atoms with van der Waals surface area (Å²) in [6, 6.07) is 14.2. The van der Waals surface area contributed by atoms with E-state index >= 15 is 0 Å². The summed E-state index contributed by atoms with van der Waals surface area (Å²) in [7, 11) is 0. The first-order valence-corrected chi connectivity index (χ1v) is 11.9. The third-order valence-corrected chi connectivity index (χ3v) is 6.91. The van der Waals surface area contributed by atoms with Crippen molar-refractivity contribution in [3.05, 3.63) is 59.8 Å². The molecule has 2 aromatic carbocycles. The van der Waals surface area contributed by atoms with E-state index in [-0.39, 0.29) is 5.78 Å². The molecule has 0 fully saturated rings. The minimum atomic E-state index is 0.228. The van der Waals surface area contributed by atoms with Crippen molar-refractivity contribution in [1.29, 1.82) is 0 Å². The van der Waals surface area contributed by atoms with Gasteiger partial charge in [-0.25, -0.2) is 4.98 Å². The van der Waals surface area contributed by atoms with Crippen molar-refractivity contribution in [3.8, 4) is 11.3 Å². The number of carbonyl (C=O) groups excluding carboxylic acids is 1. The molecule has 0 aliphatic heterocycles. The van der Waals surface area contributed by atoms with Crippen LogP contribution in [0.1, 0.15) is 49.0 Å².